The van der Waals surface area contributed by atoms with E-state index in [4.69, 9.17) is 0 Å². The molecule has 1 spiro atoms. The van der Waals surface area contributed by atoms with Gasteiger partial charge in [0.05, 0.1) is 0 Å². The molecule has 0 aliphatic carbocycles. The molecule has 0 unspecified atom stereocenters. The van der Waals surface area contributed by atoms with Crippen molar-refractivity contribution >= 4 is 21.5 Å². The first-order valence-electron chi connectivity index (χ1n) is 29.9. The van der Waals surface area contributed by atoms with E-state index in [0.29, 0.717) is 0 Å². The largest absolute Gasteiger partial charge is 0.309 e. The third-order valence-corrected chi connectivity index (χ3v) is 18.2. The number of hydrogen-bond acceptors (Lipinski definition) is 0. The van der Waals surface area contributed by atoms with Crippen LogP contribution in [0.15, 0.2) is 315 Å². The quantitative estimate of drug-likeness (QED) is 0.133. The van der Waals surface area contributed by atoms with E-state index in [2.05, 4.69) is 315 Å². The van der Waals surface area contributed by atoms with Gasteiger partial charge in [-0.3, -0.25) is 0 Å². The van der Waals surface area contributed by atoms with Crippen LogP contribution in [0.3, 0.4) is 0 Å². The second-order valence-corrected chi connectivity index (χ2v) is 23.5. The summed E-state index contributed by atoms with van der Waals surface area (Å²) in [7, 11) is 0. The minimum atomic E-state index is 0.778. The highest BCUT2D eigenvalue weighted by Gasteiger charge is 2.41. The maximum absolute atomic E-state index is 2.56. The fraction of sp³-hybridized carbons (Fsp3) is 0.0476. The Kier molecular flexibility index (Phi) is 12.5. The van der Waals surface area contributed by atoms with Gasteiger partial charge in [-0.1, -0.05) is 255 Å². The van der Waals surface area contributed by atoms with E-state index in [1.165, 1.54) is 155 Å². The lowest BCUT2D eigenvalue weighted by Gasteiger charge is -2.39. The predicted octanol–water partition coefficient (Wildman–Crippen LogP) is 22.2. The van der Waals surface area contributed by atoms with Crippen LogP contribution in [0.4, 0.5) is 0 Å². The first-order valence-corrected chi connectivity index (χ1v) is 29.9. The summed E-state index contributed by atoms with van der Waals surface area (Å²) in [6.07, 6.45) is 0. The summed E-state index contributed by atoms with van der Waals surface area (Å²) >= 11 is 0. The van der Waals surface area contributed by atoms with Gasteiger partial charge in [0.1, 0.15) is 26.2 Å². The Morgan fingerprint density at radius 1 is 0.188 bits per heavy atom. The van der Waals surface area contributed by atoms with E-state index in [-0.39, 0.29) is 0 Å². The summed E-state index contributed by atoms with van der Waals surface area (Å²) in [5.41, 5.74) is 30.2. The van der Waals surface area contributed by atoms with Crippen LogP contribution >= 0.6 is 0 Å². The molecular weight excluding hydrogens is 1020 g/mol. The Bertz CT molecular complexity index is 4410. The molecule has 0 amide bonds. The van der Waals surface area contributed by atoms with E-state index in [1.54, 1.807) is 0 Å². The van der Waals surface area contributed by atoms with Crippen LogP contribution < -0.4 is 0 Å². The number of fused-ring (bicyclic) bond motifs is 10. The second-order valence-electron chi connectivity index (χ2n) is 23.5. The highest BCUT2D eigenvalue weighted by Crippen LogP contribution is 2.53. The molecule has 2 aliphatic rings. The average molecular weight is 1080 g/mol. The number of benzene rings is 14. The van der Waals surface area contributed by atoms with Gasteiger partial charge in [-0.15, -0.1) is 0 Å². The van der Waals surface area contributed by atoms with Crippen molar-refractivity contribution in [3.8, 4) is 111 Å². The van der Waals surface area contributed by atoms with E-state index >= 15 is 0 Å². The summed E-state index contributed by atoms with van der Waals surface area (Å²) in [5.74, 6) is 0. The molecule has 1 heteroatoms. The van der Waals surface area contributed by atoms with E-state index < -0.39 is 0 Å². The molecule has 0 N–H and O–H groups in total. The molecule has 2 aliphatic heterocycles. The first kappa shape index (κ1) is 50.3. The minimum Gasteiger partial charge on any atom is -0.309 e. The summed E-state index contributed by atoms with van der Waals surface area (Å²) in [6.45, 7) is 3.26. The molecule has 0 aromatic heterocycles. The number of rotatable bonds is 8. The highest BCUT2D eigenvalue weighted by molar-refractivity contribution is 6.08. The molecule has 0 fully saturated rings. The lowest BCUT2D eigenvalue weighted by molar-refractivity contribution is -0.977. The topological polar surface area (TPSA) is 0 Å². The van der Waals surface area contributed by atoms with Gasteiger partial charge < -0.3 is 4.48 Å². The highest BCUT2D eigenvalue weighted by atomic mass is 15.4. The second kappa shape index (κ2) is 21.1. The van der Waals surface area contributed by atoms with Gasteiger partial charge in [-0.25, -0.2) is 0 Å². The number of hydrogen-bond donors (Lipinski definition) is 0. The Labute approximate surface area is 498 Å². The smallest absolute Gasteiger partial charge is 0.106 e. The van der Waals surface area contributed by atoms with Crippen molar-refractivity contribution in [2.75, 3.05) is 0 Å². The summed E-state index contributed by atoms with van der Waals surface area (Å²) in [6, 6.07) is 119. The van der Waals surface area contributed by atoms with Gasteiger partial charge >= 0.3 is 0 Å². The van der Waals surface area contributed by atoms with Crippen LogP contribution in [0, 0.1) is 0 Å². The van der Waals surface area contributed by atoms with Crippen molar-refractivity contribution in [3.05, 3.63) is 338 Å². The molecule has 0 saturated carbocycles. The van der Waals surface area contributed by atoms with Gasteiger partial charge in [0, 0.05) is 22.3 Å². The molecule has 0 atom stereocenters. The lowest BCUT2D eigenvalue weighted by atomic mass is 9.82. The normalized spacial score (nSPS) is 13.1. The van der Waals surface area contributed by atoms with Gasteiger partial charge in [0.25, 0.3) is 0 Å². The third kappa shape index (κ3) is 9.27. The Morgan fingerprint density at radius 3 is 0.765 bits per heavy atom. The molecular formula is C84H60N+. The number of nitrogens with zero attached hydrogens (tertiary/aromatic N) is 1. The molecule has 14 aromatic rings. The molecule has 14 aromatic carbocycles. The molecule has 16 rings (SSSR count). The van der Waals surface area contributed by atoms with Crippen molar-refractivity contribution in [2.45, 2.75) is 26.2 Å². The van der Waals surface area contributed by atoms with Crippen LogP contribution in [0.1, 0.15) is 22.3 Å². The zero-order valence-corrected chi connectivity index (χ0v) is 47.3. The zero-order valence-electron chi connectivity index (χ0n) is 47.3. The monoisotopic (exact) mass is 1080 g/mol. The molecule has 400 valence electrons. The Morgan fingerprint density at radius 2 is 0.447 bits per heavy atom. The predicted molar refractivity (Wildman–Crippen MR) is 357 cm³/mol. The fourth-order valence-corrected chi connectivity index (χ4v) is 14.2. The fourth-order valence-electron chi connectivity index (χ4n) is 14.2. The van der Waals surface area contributed by atoms with Gasteiger partial charge in [-0.2, -0.15) is 0 Å². The maximum Gasteiger partial charge on any atom is 0.106 e. The van der Waals surface area contributed by atoms with Gasteiger partial charge in [-0.05, 0) is 193 Å². The van der Waals surface area contributed by atoms with Crippen molar-refractivity contribution in [3.63, 3.8) is 0 Å². The van der Waals surface area contributed by atoms with E-state index in [0.717, 1.165) is 30.7 Å². The molecule has 2 heterocycles. The van der Waals surface area contributed by atoms with Crippen molar-refractivity contribution in [2.24, 2.45) is 0 Å². The van der Waals surface area contributed by atoms with Crippen molar-refractivity contribution in [1.82, 2.24) is 0 Å². The minimum absolute atomic E-state index is 0.778. The third-order valence-electron chi connectivity index (χ3n) is 18.2. The van der Waals surface area contributed by atoms with Crippen LogP contribution in [0.2, 0.25) is 0 Å². The molecule has 85 heavy (non-hydrogen) atoms. The SMILES string of the molecule is c1ccc(-c2cc(-c3ccccc3)cc(-c3cc(-c4ccccc4)cc4c3C[N+]3(Cc5ccc6ccccc6c5-c5c(ccc6ccccc56)C3)Cc3c(-c5cc(-c6ccccc6)cc(-c6ccccc6)c5)cc(-c5ccccc5)cc3-4)c2)cc1. The molecule has 0 saturated heterocycles. The maximum atomic E-state index is 2.56. The molecule has 0 radical (unpaired) electrons. The first-order chi connectivity index (χ1) is 42.0. The van der Waals surface area contributed by atoms with Crippen LogP contribution in [-0.4, -0.2) is 4.48 Å². The molecule has 1 nitrogen and oxygen atoms in total. The molecule has 0 bridgehead atoms. The summed E-state index contributed by atoms with van der Waals surface area (Å²) < 4.78 is 0.778. The zero-order chi connectivity index (χ0) is 56.3. The van der Waals surface area contributed by atoms with Gasteiger partial charge in [0.15, 0.2) is 0 Å². The van der Waals surface area contributed by atoms with Crippen molar-refractivity contribution in [1.29, 1.82) is 0 Å². The van der Waals surface area contributed by atoms with Crippen LogP contribution in [0.25, 0.3) is 133 Å². The summed E-state index contributed by atoms with van der Waals surface area (Å²) in [4.78, 5) is 0. The Hall–Kier alpha value is -10.4. The van der Waals surface area contributed by atoms with E-state index in [9.17, 15) is 0 Å². The Balaban J connectivity index is 1.05. The van der Waals surface area contributed by atoms with E-state index in [1.807, 2.05) is 0 Å². The standard InChI is InChI=1S/C84H60N/c1-7-23-57(24-8-1)67-43-68(58-25-9-2-10-26-58)46-73(45-67)77-49-71(61-31-15-5-16-32-61)51-79-80-52-72(62-33-17-6-18-34-62)50-78(74-47-69(59-27-11-3-12-28-59)44-70(48-74)60-29-13-4-14-30-60)82(80)56-85(55-81(77)79)53-65-41-39-63-35-19-21-37-75(63)83(65)84-66(54-85)42-40-64-36-20-22-38-76(64)84/h1-52H,53-56H2/q+1. The summed E-state index contributed by atoms with van der Waals surface area (Å²) in [5, 5.41) is 5.16. The average Bonchev–Trinajstić information content (AvgIpc) is 3.98. The van der Waals surface area contributed by atoms with Crippen LogP contribution in [-0.2, 0) is 26.2 Å². The number of quaternary nitrogens is 1. The van der Waals surface area contributed by atoms with Gasteiger partial charge in [0.2, 0.25) is 0 Å². The van der Waals surface area contributed by atoms with Crippen molar-refractivity contribution < 1.29 is 4.48 Å². The lowest BCUT2D eigenvalue weighted by Crippen LogP contribution is -2.44. The van der Waals surface area contributed by atoms with Crippen LogP contribution in [0.5, 0.6) is 0 Å².